The van der Waals surface area contributed by atoms with Gasteiger partial charge in [-0.2, -0.15) is 5.10 Å². The van der Waals surface area contributed by atoms with Crippen molar-refractivity contribution in [1.29, 1.82) is 0 Å². The number of carbonyl (C=O) groups is 1. The lowest BCUT2D eigenvalue weighted by molar-refractivity contribution is 0.206. The summed E-state index contributed by atoms with van der Waals surface area (Å²) < 4.78 is 15.1. The molecule has 2 aromatic rings. The standard InChI is InChI=1S/C15H19FN4O/c1-11-4-5-12(6-14(11)16)7-17-15(21)19(2)9-13-8-18-20(3)10-13/h4-6,8,10H,7,9H2,1-3H3,(H,17,21). The van der Waals surface area contributed by atoms with Crippen LogP contribution in [0.1, 0.15) is 16.7 Å². The van der Waals surface area contributed by atoms with Gasteiger partial charge in [-0.1, -0.05) is 12.1 Å². The van der Waals surface area contributed by atoms with E-state index in [0.717, 1.165) is 11.1 Å². The van der Waals surface area contributed by atoms with E-state index in [4.69, 9.17) is 0 Å². The largest absolute Gasteiger partial charge is 0.334 e. The molecule has 0 aliphatic heterocycles. The number of nitrogens with one attached hydrogen (secondary N) is 1. The van der Waals surface area contributed by atoms with Gasteiger partial charge in [0.25, 0.3) is 0 Å². The molecule has 0 radical (unpaired) electrons. The van der Waals surface area contributed by atoms with Crippen LogP contribution in [-0.2, 0) is 20.1 Å². The van der Waals surface area contributed by atoms with Crippen molar-refractivity contribution >= 4 is 6.03 Å². The first-order chi connectivity index (χ1) is 9.95. The summed E-state index contributed by atoms with van der Waals surface area (Å²) >= 11 is 0. The van der Waals surface area contributed by atoms with Crippen molar-refractivity contribution in [2.75, 3.05) is 7.05 Å². The fraction of sp³-hybridized carbons (Fsp3) is 0.333. The van der Waals surface area contributed by atoms with Gasteiger partial charge in [-0.05, 0) is 24.1 Å². The molecule has 0 aliphatic rings. The molecular formula is C15H19FN4O. The maximum atomic E-state index is 13.4. The zero-order chi connectivity index (χ0) is 15.4. The number of aromatic nitrogens is 2. The Balaban J connectivity index is 1.87. The number of amides is 2. The molecule has 21 heavy (non-hydrogen) atoms. The smallest absolute Gasteiger partial charge is 0.317 e. The van der Waals surface area contributed by atoms with E-state index in [1.165, 1.54) is 6.07 Å². The molecular weight excluding hydrogens is 271 g/mol. The number of halogens is 1. The number of carbonyl (C=O) groups excluding carboxylic acids is 1. The molecule has 1 heterocycles. The number of hydrogen-bond donors (Lipinski definition) is 1. The summed E-state index contributed by atoms with van der Waals surface area (Å²) in [5.41, 5.74) is 2.29. The summed E-state index contributed by atoms with van der Waals surface area (Å²) in [7, 11) is 3.54. The van der Waals surface area contributed by atoms with Crippen LogP contribution in [0, 0.1) is 12.7 Å². The van der Waals surface area contributed by atoms with Crippen LogP contribution in [0.4, 0.5) is 9.18 Å². The highest BCUT2D eigenvalue weighted by molar-refractivity contribution is 5.73. The molecule has 1 aromatic heterocycles. The minimum atomic E-state index is -0.259. The topological polar surface area (TPSA) is 50.2 Å². The first-order valence-electron chi connectivity index (χ1n) is 6.67. The van der Waals surface area contributed by atoms with E-state index in [9.17, 15) is 9.18 Å². The van der Waals surface area contributed by atoms with Crippen LogP contribution < -0.4 is 5.32 Å². The molecule has 0 bridgehead atoms. The third-order valence-electron chi connectivity index (χ3n) is 3.20. The second kappa shape index (κ2) is 6.39. The van der Waals surface area contributed by atoms with E-state index < -0.39 is 0 Å². The van der Waals surface area contributed by atoms with E-state index in [0.29, 0.717) is 18.7 Å². The average molecular weight is 290 g/mol. The molecule has 0 unspecified atom stereocenters. The monoisotopic (exact) mass is 290 g/mol. The lowest BCUT2D eigenvalue weighted by atomic mass is 10.1. The van der Waals surface area contributed by atoms with Crippen LogP contribution in [0.5, 0.6) is 0 Å². The fourth-order valence-corrected chi connectivity index (χ4v) is 1.96. The molecule has 0 fully saturated rings. The summed E-state index contributed by atoms with van der Waals surface area (Å²) in [6.45, 7) is 2.48. The van der Waals surface area contributed by atoms with Crippen molar-refractivity contribution in [1.82, 2.24) is 20.0 Å². The zero-order valence-electron chi connectivity index (χ0n) is 12.4. The Hall–Kier alpha value is -2.37. The minimum absolute atomic E-state index is 0.208. The van der Waals surface area contributed by atoms with Crippen LogP contribution in [-0.4, -0.2) is 27.8 Å². The van der Waals surface area contributed by atoms with E-state index in [2.05, 4.69) is 10.4 Å². The number of rotatable bonds is 4. The molecule has 0 saturated carbocycles. The summed E-state index contributed by atoms with van der Waals surface area (Å²) in [5.74, 6) is -0.259. The van der Waals surface area contributed by atoms with E-state index in [-0.39, 0.29) is 11.8 Å². The quantitative estimate of drug-likeness (QED) is 0.938. The average Bonchev–Trinajstić information content (AvgIpc) is 2.85. The maximum absolute atomic E-state index is 13.4. The summed E-state index contributed by atoms with van der Waals surface area (Å²) in [6, 6.07) is 4.74. The maximum Gasteiger partial charge on any atom is 0.317 e. The predicted molar refractivity (Wildman–Crippen MR) is 78.0 cm³/mol. The predicted octanol–water partition coefficient (Wildman–Crippen LogP) is 2.21. The molecule has 112 valence electrons. The minimum Gasteiger partial charge on any atom is -0.334 e. The Bertz CT molecular complexity index is 638. The number of urea groups is 1. The highest BCUT2D eigenvalue weighted by Crippen LogP contribution is 2.09. The zero-order valence-corrected chi connectivity index (χ0v) is 12.4. The molecule has 1 aromatic carbocycles. The summed E-state index contributed by atoms with van der Waals surface area (Å²) in [4.78, 5) is 13.5. The number of nitrogens with zero attached hydrogens (tertiary/aromatic N) is 3. The Morgan fingerprint density at radius 1 is 1.43 bits per heavy atom. The molecule has 0 atom stereocenters. The van der Waals surface area contributed by atoms with Gasteiger partial charge in [0.15, 0.2) is 0 Å². The highest BCUT2D eigenvalue weighted by atomic mass is 19.1. The highest BCUT2D eigenvalue weighted by Gasteiger charge is 2.10. The van der Waals surface area contributed by atoms with Crippen molar-refractivity contribution in [3.05, 3.63) is 53.1 Å². The normalized spacial score (nSPS) is 10.5. The molecule has 2 amide bonds. The van der Waals surface area contributed by atoms with Crippen LogP contribution in [0.2, 0.25) is 0 Å². The van der Waals surface area contributed by atoms with Crippen molar-refractivity contribution < 1.29 is 9.18 Å². The fourth-order valence-electron chi connectivity index (χ4n) is 1.96. The van der Waals surface area contributed by atoms with Gasteiger partial charge in [-0.25, -0.2) is 9.18 Å². The van der Waals surface area contributed by atoms with Gasteiger partial charge in [-0.3, -0.25) is 4.68 Å². The lowest BCUT2D eigenvalue weighted by Gasteiger charge is -2.17. The Labute approximate surface area is 123 Å². The number of aryl methyl sites for hydroxylation is 2. The van der Waals surface area contributed by atoms with Crippen molar-refractivity contribution in [3.8, 4) is 0 Å². The summed E-state index contributed by atoms with van der Waals surface area (Å²) in [6.07, 6.45) is 3.58. The first-order valence-corrected chi connectivity index (χ1v) is 6.67. The second-order valence-electron chi connectivity index (χ2n) is 5.12. The molecule has 0 saturated heterocycles. The number of hydrogen-bond acceptors (Lipinski definition) is 2. The molecule has 5 nitrogen and oxygen atoms in total. The van der Waals surface area contributed by atoms with Crippen molar-refractivity contribution in [3.63, 3.8) is 0 Å². The number of benzene rings is 1. The van der Waals surface area contributed by atoms with Gasteiger partial charge >= 0.3 is 6.03 Å². The van der Waals surface area contributed by atoms with Gasteiger partial charge in [-0.15, -0.1) is 0 Å². The van der Waals surface area contributed by atoms with Gasteiger partial charge in [0.1, 0.15) is 5.82 Å². The van der Waals surface area contributed by atoms with Crippen LogP contribution in [0.3, 0.4) is 0 Å². The molecule has 6 heteroatoms. The van der Waals surface area contributed by atoms with Gasteiger partial charge in [0.2, 0.25) is 0 Å². The second-order valence-corrected chi connectivity index (χ2v) is 5.12. The van der Waals surface area contributed by atoms with Gasteiger partial charge in [0, 0.05) is 32.4 Å². The van der Waals surface area contributed by atoms with E-state index >= 15 is 0 Å². The Kier molecular flexibility index (Phi) is 4.57. The SMILES string of the molecule is Cc1ccc(CNC(=O)N(C)Cc2cnn(C)c2)cc1F. The Morgan fingerprint density at radius 3 is 2.81 bits per heavy atom. The van der Waals surface area contributed by atoms with E-state index in [1.54, 1.807) is 41.9 Å². The summed E-state index contributed by atoms with van der Waals surface area (Å²) in [5, 5.41) is 6.82. The molecule has 2 rings (SSSR count). The third-order valence-corrected chi connectivity index (χ3v) is 3.20. The first kappa shape index (κ1) is 15.0. The van der Waals surface area contributed by atoms with E-state index in [1.807, 2.05) is 13.2 Å². The lowest BCUT2D eigenvalue weighted by Crippen LogP contribution is -2.36. The molecule has 0 aliphatic carbocycles. The van der Waals surface area contributed by atoms with Crippen molar-refractivity contribution in [2.45, 2.75) is 20.0 Å². The Morgan fingerprint density at radius 2 is 2.19 bits per heavy atom. The van der Waals surface area contributed by atoms with Crippen molar-refractivity contribution in [2.24, 2.45) is 7.05 Å². The molecule has 0 spiro atoms. The van der Waals surface area contributed by atoms with Crippen LogP contribution in [0.15, 0.2) is 30.6 Å². The van der Waals surface area contributed by atoms with Gasteiger partial charge in [0.05, 0.1) is 12.7 Å². The van der Waals surface area contributed by atoms with Gasteiger partial charge < -0.3 is 10.2 Å². The third kappa shape index (κ3) is 4.05. The van der Waals surface area contributed by atoms with Crippen LogP contribution >= 0.6 is 0 Å². The van der Waals surface area contributed by atoms with Crippen LogP contribution in [0.25, 0.3) is 0 Å². The molecule has 1 N–H and O–H groups in total.